The number of rotatable bonds is 9. The Hall–Kier alpha value is -0.0800. The van der Waals surface area contributed by atoms with Crippen molar-refractivity contribution in [3.63, 3.8) is 0 Å². The fraction of sp³-hybridized carbons (Fsp3) is 1.00. The smallest absolute Gasteiger partial charge is 0.0357 e. The zero-order valence-electron chi connectivity index (χ0n) is 12.4. The van der Waals surface area contributed by atoms with E-state index >= 15 is 0 Å². The molecule has 2 nitrogen and oxygen atoms in total. The van der Waals surface area contributed by atoms with E-state index < -0.39 is 0 Å². The Morgan fingerprint density at radius 2 is 1.59 bits per heavy atom. The average Bonchev–Trinajstić information content (AvgIpc) is 3.08. The highest BCUT2D eigenvalue weighted by Gasteiger charge is 2.54. The van der Waals surface area contributed by atoms with Crippen LogP contribution in [-0.4, -0.2) is 30.1 Å². The van der Waals surface area contributed by atoms with Crippen LogP contribution >= 0.6 is 0 Å². The van der Waals surface area contributed by atoms with E-state index in [2.05, 4.69) is 32.6 Å². The Labute approximate surface area is 108 Å². The number of hydrogen-bond acceptors (Lipinski definition) is 2. The van der Waals surface area contributed by atoms with E-state index in [1.807, 2.05) is 0 Å². The second kappa shape index (κ2) is 6.19. The maximum absolute atomic E-state index is 6.14. The molecule has 0 aromatic rings. The third kappa shape index (κ3) is 3.23. The molecule has 17 heavy (non-hydrogen) atoms. The molecule has 0 spiro atoms. The van der Waals surface area contributed by atoms with E-state index in [1.54, 1.807) is 0 Å². The third-order valence-corrected chi connectivity index (χ3v) is 4.96. The minimum Gasteiger partial charge on any atom is -0.329 e. The summed E-state index contributed by atoms with van der Waals surface area (Å²) in [6, 6.07) is 0. The highest BCUT2D eigenvalue weighted by atomic mass is 15.2. The molecule has 1 aliphatic rings. The Kier molecular flexibility index (Phi) is 5.46. The van der Waals surface area contributed by atoms with Crippen molar-refractivity contribution in [2.24, 2.45) is 11.1 Å². The van der Waals surface area contributed by atoms with Crippen molar-refractivity contribution in [1.82, 2.24) is 4.90 Å². The average molecular weight is 240 g/mol. The fourth-order valence-electron chi connectivity index (χ4n) is 2.79. The molecule has 1 fully saturated rings. The number of hydrogen-bond donors (Lipinski definition) is 1. The molecule has 0 radical (unpaired) electrons. The molecule has 102 valence electrons. The van der Waals surface area contributed by atoms with Gasteiger partial charge in [0.05, 0.1) is 0 Å². The lowest BCUT2D eigenvalue weighted by molar-refractivity contribution is 0.0447. The maximum Gasteiger partial charge on any atom is 0.0357 e. The molecule has 1 aliphatic carbocycles. The van der Waals surface area contributed by atoms with Crippen LogP contribution in [0.5, 0.6) is 0 Å². The van der Waals surface area contributed by atoms with Gasteiger partial charge in [-0.1, -0.05) is 33.6 Å². The Balaban J connectivity index is 2.70. The predicted molar refractivity (Wildman–Crippen MR) is 76.2 cm³/mol. The fourth-order valence-corrected chi connectivity index (χ4v) is 2.79. The van der Waals surface area contributed by atoms with Gasteiger partial charge in [0, 0.05) is 12.1 Å². The standard InChI is InChI=1S/C15H32N2/c1-5-7-11-17(12-8-6-2)15(4,13-16)14(3)9-10-14/h5-13,16H2,1-4H3. The van der Waals surface area contributed by atoms with E-state index in [-0.39, 0.29) is 5.54 Å². The van der Waals surface area contributed by atoms with Crippen LogP contribution in [0.1, 0.15) is 66.2 Å². The molecule has 0 bridgehead atoms. The van der Waals surface area contributed by atoms with E-state index in [1.165, 1.54) is 51.6 Å². The summed E-state index contributed by atoms with van der Waals surface area (Å²) in [5, 5.41) is 0. The Morgan fingerprint density at radius 3 is 1.88 bits per heavy atom. The molecule has 0 aliphatic heterocycles. The molecule has 0 heterocycles. The van der Waals surface area contributed by atoms with Crippen LogP contribution in [0.4, 0.5) is 0 Å². The molecule has 1 saturated carbocycles. The quantitative estimate of drug-likeness (QED) is 0.669. The van der Waals surface area contributed by atoms with Gasteiger partial charge in [0.15, 0.2) is 0 Å². The van der Waals surface area contributed by atoms with Crippen LogP contribution in [0, 0.1) is 5.41 Å². The second-order valence-electron chi connectivity index (χ2n) is 6.23. The molecule has 1 rings (SSSR count). The summed E-state index contributed by atoms with van der Waals surface area (Å²) in [6.07, 6.45) is 7.87. The van der Waals surface area contributed by atoms with Gasteiger partial charge >= 0.3 is 0 Å². The number of nitrogens with two attached hydrogens (primary N) is 1. The van der Waals surface area contributed by atoms with Gasteiger partial charge in [-0.15, -0.1) is 0 Å². The first kappa shape index (κ1) is 15.0. The molecular formula is C15H32N2. The van der Waals surface area contributed by atoms with E-state index in [0.29, 0.717) is 5.41 Å². The van der Waals surface area contributed by atoms with Gasteiger partial charge in [-0.05, 0) is 51.1 Å². The first-order valence-corrected chi connectivity index (χ1v) is 7.49. The first-order valence-electron chi connectivity index (χ1n) is 7.49. The summed E-state index contributed by atoms with van der Waals surface area (Å²) < 4.78 is 0. The van der Waals surface area contributed by atoms with Gasteiger partial charge < -0.3 is 5.73 Å². The monoisotopic (exact) mass is 240 g/mol. The van der Waals surface area contributed by atoms with E-state index in [0.717, 1.165) is 6.54 Å². The lowest BCUT2D eigenvalue weighted by atomic mass is 9.81. The molecule has 1 atom stereocenters. The van der Waals surface area contributed by atoms with E-state index in [9.17, 15) is 0 Å². The van der Waals surface area contributed by atoms with Crippen LogP contribution < -0.4 is 5.73 Å². The van der Waals surface area contributed by atoms with Gasteiger partial charge in [0.25, 0.3) is 0 Å². The van der Waals surface area contributed by atoms with Crippen LogP contribution in [-0.2, 0) is 0 Å². The lowest BCUT2D eigenvalue weighted by Gasteiger charge is -2.46. The largest absolute Gasteiger partial charge is 0.329 e. The topological polar surface area (TPSA) is 29.3 Å². The Bertz CT molecular complexity index is 215. The SMILES string of the molecule is CCCCN(CCCC)C(C)(CN)C1(C)CC1. The van der Waals surface area contributed by atoms with Crippen molar-refractivity contribution in [3.8, 4) is 0 Å². The van der Waals surface area contributed by atoms with Gasteiger partial charge in [0.2, 0.25) is 0 Å². The highest BCUT2D eigenvalue weighted by molar-refractivity contribution is 5.09. The van der Waals surface area contributed by atoms with Crippen LogP contribution in [0.2, 0.25) is 0 Å². The zero-order valence-corrected chi connectivity index (χ0v) is 12.4. The number of unbranched alkanes of at least 4 members (excludes halogenated alkanes) is 2. The molecule has 1 unspecified atom stereocenters. The van der Waals surface area contributed by atoms with Crippen molar-refractivity contribution < 1.29 is 0 Å². The highest BCUT2D eigenvalue weighted by Crippen LogP contribution is 2.55. The summed E-state index contributed by atoms with van der Waals surface area (Å²) >= 11 is 0. The van der Waals surface area contributed by atoms with Crippen molar-refractivity contribution in [2.45, 2.75) is 71.8 Å². The molecule has 2 N–H and O–H groups in total. The minimum absolute atomic E-state index is 0.220. The summed E-state index contributed by atoms with van der Waals surface area (Å²) in [6.45, 7) is 12.6. The molecule has 0 aromatic carbocycles. The minimum atomic E-state index is 0.220. The molecule has 2 heteroatoms. The zero-order chi connectivity index (χ0) is 12.9. The second-order valence-corrected chi connectivity index (χ2v) is 6.23. The molecular weight excluding hydrogens is 208 g/mol. The molecule has 0 amide bonds. The van der Waals surface area contributed by atoms with Crippen molar-refractivity contribution in [2.75, 3.05) is 19.6 Å². The van der Waals surface area contributed by atoms with Gasteiger partial charge in [-0.25, -0.2) is 0 Å². The van der Waals surface area contributed by atoms with Crippen LogP contribution in [0.25, 0.3) is 0 Å². The molecule has 0 saturated heterocycles. The normalized spacial score (nSPS) is 21.5. The lowest BCUT2D eigenvalue weighted by Crippen LogP contribution is -2.57. The molecule has 0 aromatic heterocycles. The Morgan fingerprint density at radius 1 is 1.12 bits per heavy atom. The van der Waals surface area contributed by atoms with Crippen molar-refractivity contribution in [1.29, 1.82) is 0 Å². The summed E-state index contributed by atoms with van der Waals surface area (Å²) in [5.41, 5.74) is 6.83. The summed E-state index contributed by atoms with van der Waals surface area (Å²) in [4.78, 5) is 2.69. The van der Waals surface area contributed by atoms with Crippen molar-refractivity contribution in [3.05, 3.63) is 0 Å². The van der Waals surface area contributed by atoms with Crippen LogP contribution in [0.15, 0.2) is 0 Å². The third-order valence-electron chi connectivity index (χ3n) is 4.96. The number of nitrogens with zero attached hydrogens (tertiary/aromatic N) is 1. The summed E-state index contributed by atoms with van der Waals surface area (Å²) in [7, 11) is 0. The van der Waals surface area contributed by atoms with Gasteiger partial charge in [-0.3, -0.25) is 4.90 Å². The summed E-state index contributed by atoms with van der Waals surface area (Å²) in [5.74, 6) is 0. The van der Waals surface area contributed by atoms with E-state index in [4.69, 9.17) is 5.73 Å². The van der Waals surface area contributed by atoms with Gasteiger partial charge in [0.1, 0.15) is 0 Å². The van der Waals surface area contributed by atoms with Crippen molar-refractivity contribution >= 4 is 0 Å². The predicted octanol–water partition coefficient (Wildman–Crippen LogP) is 3.41. The van der Waals surface area contributed by atoms with Crippen LogP contribution in [0.3, 0.4) is 0 Å². The maximum atomic E-state index is 6.14. The van der Waals surface area contributed by atoms with Gasteiger partial charge in [-0.2, -0.15) is 0 Å². The first-order chi connectivity index (χ1) is 8.04.